The summed E-state index contributed by atoms with van der Waals surface area (Å²) in [6.45, 7) is 9.34. The monoisotopic (exact) mass is 1180 g/mol. The fourth-order valence-electron chi connectivity index (χ4n) is 8.94. The van der Waals surface area contributed by atoms with Crippen LogP contribution in [0.25, 0.3) is 0 Å². The Balaban J connectivity index is 5.20. The van der Waals surface area contributed by atoms with Gasteiger partial charge in [-0.1, -0.05) is 247 Å². The Morgan fingerprint density at radius 2 is 0.600 bits per heavy atom. The van der Waals surface area contributed by atoms with Gasteiger partial charge in [-0.15, -0.1) is 0 Å². The number of phosphoric ester groups is 2. The molecule has 0 aliphatic carbocycles. The molecule has 3 N–H and O–H groups in total. The predicted molar refractivity (Wildman–Crippen MR) is 317 cm³/mol. The zero-order chi connectivity index (χ0) is 59.4. The van der Waals surface area contributed by atoms with E-state index in [2.05, 4.69) is 41.5 Å². The zero-order valence-corrected chi connectivity index (χ0v) is 53.2. The number of carbonyl (C=O) groups is 4. The second-order valence-corrected chi connectivity index (χ2v) is 25.5. The van der Waals surface area contributed by atoms with Gasteiger partial charge in [0.05, 0.1) is 26.4 Å². The van der Waals surface area contributed by atoms with Crippen molar-refractivity contribution in [1.29, 1.82) is 0 Å². The molecule has 0 rings (SSSR count). The molecule has 0 aliphatic heterocycles. The third kappa shape index (κ3) is 52.8. The number of hydrogen-bond donors (Lipinski definition) is 3. The molecular formula is C61H118O17P2. The van der Waals surface area contributed by atoms with Crippen LogP contribution in [-0.4, -0.2) is 96.7 Å². The maximum absolute atomic E-state index is 12.9. The molecule has 0 spiro atoms. The number of carbonyl (C=O) groups excluding carboxylic acids is 4. The lowest BCUT2D eigenvalue weighted by atomic mass is 9.99. The van der Waals surface area contributed by atoms with Crippen molar-refractivity contribution in [3.63, 3.8) is 0 Å². The Kier molecular flexibility index (Phi) is 52.5. The van der Waals surface area contributed by atoms with Crippen molar-refractivity contribution in [3.05, 3.63) is 0 Å². The fraction of sp³-hybridized carbons (Fsp3) is 0.934. The van der Waals surface area contributed by atoms with Gasteiger partial charge >= 0.3 is 39.5 Å². The standard InChI is InChI=1S/C61H118O17P2/c1-7-11-13-15-16-17-18-19-20-21-26-33-39-45-60(65)77-57(50-72-59(64)44-38-32-25-23-22-24-30-35-41-53(5)9-3)52-76-80(69,70)74-48-55(62)47-73-79(67,68)75-51-56(49-71-58(63)43-37-29-14-12-8-2)78-61(66)46-40-34-28-27-31-36-42-54(6)10-4/h53-57,62H,7-52H2,1-6H3,(H,67,68)(H,69,70)/t53?,54?,55-,56+,57+/m0/s1. The number of rotatable bonds is 60. The summed E-state index contributed by atoms with van der Waals surface area (Å²) >= 11 is 0. The first-order valence-electron chi connectivity index (χ1n) is 32.1. The quantitative estimate of drug-likeness (QED) is 0.0222. The highest BCUT2D eigenvalue weighted by Gasteiger charge is 2.30. The van der Waals surface area contributed by atoms with Crippen LogP contribution in [0.3, 0.4) is 0 Å². The molecule has 17 nitrogen and oxygen atoms in total. The smallest absolute Gasteiger partial charge is 0.462 e. The highest BCUT2D eigenvalue weighted by atomic mass is 31.2. The molecule has 0 aliphatic rings. The molecule has 0 saturated heterocycles. The third-order valence-corrected chi connectivity index (χ3v) is 16.6. The molecule has 0 aromatic rings. The summed E-state index contributed by atoms with van der Waals surface area (Å²) in [7, 11) is -9.87. The first-order valence-corrected chi connectivity index (χ1v) is 35.1. The maximum atomic E-state index is 12.9. The van der Waals surface area contributed by atoms with E-state index in [9.17, 15) is 43.2 Å². The van der Waals surface area contributed by atoms with Crippen molar-refractivity contribution in [2.45, 2.75) is 317 Å². The summed E-state index contributed by atoms with van der Waals surface area (Å²) in [5.74, 6) is -0.652. The van der Waals surface area contributed by atoms with Crippen LogP contribution in [-0.2, 0) is 65.4 Å². The van der Waals surface area contributed by atoms with Crippen LogP contribution < -0.4 is 0 Å². The number of aliphatic hydroxyl groups is 1. The van der Waals surface area contributed by atoms with Crippen LogP contribution in [0.15, 0.2) is 0 Å². The molecule has 0 amide bonds. The van der Waals surface area contributed by atoms with Crippen molar-refractivity contribution in [2.24, 2.45) is 11.8 Å². The van der Waals surface area contributed by atoms with Crippen molar-refractivity contribution in [1.82, 2.24) is 0 Å². The van der Waals surface area contributed by atoms with E-state index in [0.29, 0.717) is 25.7 Å². The van der Waals surface area contributed by atoms with E-state index in [1.54, 1.807) is 0 Å². The summed E-state index contributed by atoms with van der Waals surface area (Å²) in [5, 5.41) is 10.5. The summed E-state index contributed by atoms with van der Waals surface area (Å²) in [5.41, 5.74) is 0. The van der Waals surface area contributed by atoms with Crippen LogP contribution in [0.2, 0.25) is 0 Å². The molecule has 0 radical (unpaired) electrons. The van der Waals surface area contributed by atoms with Gasteiger partial charge in [-0.2, -0.15) is 0 Å². The lowest BCUT2D eigenvalue weighted by Crippen LogP contribution is -2.30. The van der Waals surface area contributed by atoms with Gasteiger partial charge in [0.15, 0.2) is 12.2 Å². The summed E-state index contributed by atoms with van der Waals surface area (Å²) in [4.78, 5) is 71.8. The van der Waals surface area contributed by atoms with Crippen LogP contribution in [0.1, 0.15) is 298 Å². The Morgan fingerprint density at radius 3 is 0.887 bits per heavy atom. The highest BCUT2D eigenvalue weighted by molar-refractivity contribution is 7.47. The number of esters is 4. The SMILES string of the molecule is CCCCCCCCCCCCCCCC(=O)O[C@H](COC(=O)CCCCCCCCCCC(C)CC)COP(=O)(O)OC[C@@H](O)COP(=O)(O)OC[C@@H](COC(=O)CCCCCCC)OC(=O)CCCCCCCCC(C)CC. The minimum atomic E-state index is -4.94. The van der Waals surface area contributed by atoms with Gasteiger partial charge in [0, 0.05) is 25.7 Å². The maximum Gasteiger partial charge on any atom is 0.472 e. The lowest BCUT2D eigenvalue weighted by Gasteiger charge is -2.21. The van der Waals surface area contributed by atoms with Gasteiger partial charge < -0.3 is 33.8 Å². The first-order chi connectivity index (χ1) is 38.4. The van der Waals surface area contributed by atoms with E-state index in [1.807, 2.05) is 0 Å². The number of unbranched alkanes of at least 4 members (excludes halogenated alkanes) is 28. The van der Waals surface area contributed by atoms with Gasteiger partial charge in [-0.3, -0.25) is 37.3 Å². The number of phosphoric acid groups is 2. The van der Waals surface area contributed by atoms with Gasteiger partial charge in [0.2, 0.25) is 0 Å². The molecular weight excluding hydrogens is 1070 g/mol. The van der Waals surface area contributed by atoms with E-state index in [1.165, 1.54) is 109 Å². The van der Waals surface area contributed by atoms with E-state index in [0.717, 1.165) is 108 Å². The normalized spacial score (nSPS) is 15.1. The Hall–Kier alpha value is -1.94. The molecule has 0 aromatic carbocycles. The van der Waals surface area contributed by atoms with E-state index in [-0.39, 0.29) is 25.7 Å². The number of hydrogen-bond acceptors (Lipinski definition) is 15. The van der Waals surface area contributed by atoms with Crippen molar-refractivity contribution in [2.75, 3.05) is 39.6 Å². The second-order valence-electron chi connectivity index (χ2n) is 22.6. The van der Waals surface area contributed by atoms with Gasteiger partial charge in [0.1, 0.15) is 19.3 Å². The zero-order valence-electron chi connectivity index (χ0n) is 51.4. The van der Waals surface area contributed by atoms with Crippen molar-refractivity contribution >= 4 is 39.5 Å². The molecule has 0 aromatic heterocycles. The average molecular weight is 1190 g/mol. The van der Waals surface area contributed by atoms with Crippen LogP contribution in [0, 0.1) is 11.8 Å². The largest absolute Gasteiger partial charge is 0.472 e. The number of ether oxygens (including phenoxy) is 4. The highest BCUT2D eigenvalue weighted by Crippen LogP contribution is 2.45. The average Bonchev–Trinajstić information content (AvgIpc) is 3.43. The lowest BCUT2D eigenvalue weighted by molar-refractivity contribution is -0.161. The molecule has 0 heterocycles. The summed E-state index contributed by atoms with van der Waals surface area (Å²) < 4.78 is 67.7. The Bertz CT molecular complexity index is 1590. The molecule has 0 fully saturated rings. The number of aliphatic hydroxyl groups excluding tert-OH is 1. The third-order valence-electron chi connectivity index (χ3n) is 14.7. The molecule has 0 bridgehead atoms. The van der Waals surface area contributed by atoms with Gasteiger partial charge in [-0.05, 0) is 37.5 Å². The molecule has 474 valence electrons. The molecule has 0 saturated carbocycles. The molecule has 80 heavy (non-hydrogen) atoms. The predicted octanol–water partition coefficient (Wildman–Crippen LogP) is 16.5. The first kappa shape index (κ1) is 78.1. The van der Waals surface area contributed by atoms with Crippen molar-refractivity contribution in [3.8, 4) is 0 Å². The van der Waals surface area contributed by atoms with Crippen LogP contribution in [0.4, 0.5) is 0 Å². The van der Waals surface area contributed by atoms with Gasteiger partial charge in [0.25, 0.3) is 0 Å². The minimum Gasteiger partial charge on any atom is -0.462 e. The van der Waals surface area contributed by atoms with E-state index >= 15 is 0 Å². The minimum absolute atomic E-state index is 0.102. The fourth-order valence-corrected chi connectivity index (χ4v) is 10.5. The second kappa shape index (κ2) is 53.8. The van der Waals surface area contributed by atoms with E-state index in [4.69, 9.17) is 37.0 Å². The van der Waals surface area contributed by atoms with Gasteiger partial charge in [-0.25, -0.2) is 9.13 Å². The summed E-state index contributed by atoms with van der Waals surface area (Å²) in [6.07, 6.45) is 35.1. The Labute approximate surface area is 486 Å². The molecule has 4 unspecified atom stereocenters. The summed E-state index contributed by atoms with van der Waals surface area (Å²) in [6, 6.07) is 0. The molecule has 7 atom stereocenters. The Morgan fingerprint density at radius 1 is 0.350 bits per heavy atom. The van der Waals surface area contributed by atoms with Crippen molar-refractivity contribution < 1.29 is 80.2 Å². The molecule has 19 heteroatoms. The van der Waals surface area contributed by atoms with Crippen LogP contribution in [0.5, 0.6) is 0 Å². The van der Waals surface area contributed by atoms with Crippen LogP contribution >= 0.6 is 15.6 Å². The van der Waals surface area contributed by atoms with E-state index < -0.39 is 97.5 Å². The topological polar surface area (TPSA) is 237 Å².